The maximum absolute atomic E-state index is 10.4. The number of aliphatic carboxylic acids is 1. The van der Waals surface area contributed by atoms with Gasteiger partial charge in [-0.3, -0.25) is 4.79 Å². The molecule has 1 aromatic rings. The van der Waals surface area contributed by atoms with Crippen molar-refractivity contribution in [3.8, 4) is 0 Å². The topological polar surface area (TPSA) is 80.9 Å². The van der Waals surface area contributed by atoms with Crippen molar-refractivity contribution < 1.29 is 9.90 Å². The first kappa shape index (κ1) is 12.6. The summed E-state index contributed by atoms with van der Waals surface area (Å²) in [5.74, 6) is -0.153. The molecule has 0 fully saturated rings. The van der Waals surface area contributed by atoms with Crippen molar-refractivity contribution in [3.63, 3.8) is 0 Å². The van der Waals surface area contributed by atoms with E-state index in [4.69, 9.17) is 5.11 Å². The van der Waals surface area contributed by atoms with Crippen molar-refractivity contribution >= 4 is 5.97 Å². The van der Waals surface area contributed by atoms with E-state index in [-0.39, 0.29) is 6.42 Å². The van der Waals surface area contributed by atoms with E-state index >= 15 is 0 Å². The van der Waals surface area contributed by atoms with Crippen LogP contribution in [0.2, 0.25) is 0 Å². The van der Waals surface area contributed by atoms with Crippen molar-refractivity contribution in [2.24, 2.45) is 0 Å². The zero-order valence-electron chi connectivity index (χ0n) is 9.59. The van der Waals surface area contributed by atoms with Gasteiger partial charge in [-0.2, -0.15) is 0 Å². The lowest BCUT2D eigenvalue weighted by Crippen LogP contribution is -2.08. The predicted molar refractivity (Wildman–Crippen MR) is 57.9 cm³/mol. The quantitative estimate of drug-likeness (QED) is 0.675. The van der Waals surface area contributed by atoms with E-state index in [1.807, 2.05) is 0 Å². The molecule has 0 spiro atoms. The summed E-state index contributed by atoms with van der Waals surface area (Å²) >= 11 is 0. The highest BCUT2D eigenvalue weighted by Crippen LogP contribution is 2.03. The van der Waals surface area contributed by atoms with E-state index < -0.39 is 5.97 Å². The molecule has 0 aliphatic carbocycles. The lowest BCUT2D eigenvalue weighted by Gasteiger charge is -2.02. The molecule has 1 aromatic heterocycles. The summed E-state index contributed by atoms with van der Waals surface area (Å²) in [5, 5.41) is 19.8. The van der Waals surface area contributed by atoms with Crippen LogP contribution in [-0.4, -0.2) is 31.3 Å². The number of carboxylic acid groups (broad SMARTS) is 1. The fourth-order valence-electron chi connectivity index (χ4n) is 1.48. The summed E-state index contributed by atoms with van der Waals surface area (Å²) < 4.78 is 1.71. The molecule has 0 saturated heterocycles. The first-order chi connectivity index (χ1) is 7.74. The van der Waals surface area contributed by atoms with Crippen molar-refractivity contribution in [1.29, 1.82) is 0 Å². The van der Waals surface area contributed by atoms with Crippen LogP contribution in [0.25, 0.3) is 0 Å². The van der Waals surface area contributed by atoms with Gasteiger partial charge in [0.25, 0.3) is 0 Å². The Morgan fingerprint density at radius 2 is 2.19 bits per heavy atom. The van der Waals surface area contributed by atoms with Crippen LogP contribution in [-0.2, 0) is 17.8 Å². The van der Waals surface area contributed by atoms with Gasteiger partial charge >= 0.3 is 5.97 Å². The van der Waals surface area contributed by atoms with Gasteiger partial charge < -0.3 is 5.11 Å². The minimum Gasteiger partial charge on any atom is -0.481 e. The lowest BCUT2D eigenvalue weighted by atomic mass is 10.2. The van der Waals surface area contributed by atoms with E-state index in [0.717, 1.165) is 19.4 Å². The maximum atomic E-state index is 10.4. The molecule has 0 aliphatic heterocycles. The van der Waals surface area contributed by atoms with E-state index in [2.05, 4.69) is 22.4 Å². The van der Waals surface area contributed by atoms with Crippen LogP contribution in [0.4, 0.5) is 0 Å². The molecule has 0 amide bonds. The molecule has 0 atom stereocenters. The number of hydrogen-bond donors (Lipinski definition) is 1. The summed E-state index contributed by atoms with van der Waals surface area (Å²) in [6.45, 7) is 2.94. The average molecular weight is 226 g/mol. The first-order valence-electron chi connectivity index (χ1n) is 5.71. The average Bonchev–Trinajstić information content (AvgIpc) is 2.69. The van der Waals surface area contributed by atoms with Gasteiger partial charge in [0.1, 0.15) is 0 Å². The van der Waals surface area contributed by atoms with Crippen molar-refractivity contribution in [2.75, 3.05) is 0 Å². The first-order valence-corrected chi connectivity index (χ1v) is 5.71. The molecule has 16 heavy (non-hydrogen) atoms. The highest BCUT2D eigenvalue weighted by atomic mass is 16.4. The van der Waals surface area contributed by atoms with Crippen LogP contribution in [0.15, 0.2) is 0 Å². The van der Waals surface area contributed by atoms with Gasteiger partial charge in [-0.25, -0.2) is 4.68 Å². The zero-order chi connectivity index (χ0) is 11.8. The van der Waals surface area contributed by atoms with Gasteiger partial charge in [0.15, 0.2) is 5.82 Å². The summed E-state index contributed by atoms with van der Waals surface area (Å²) in [6.07, 6.45) is 5.09. The molecule has 0 aromatic carbocycles. The third-order valence-electron chi connectivity index (χ3n) is 2.39. The Balaban J connectivity index is 2.35. The van der Waals surface area contributed by atoms with Crippen LogP contribution in [0.1, 0.15) is 44.9 Å². The number of nitrogens with zero attached hydrogens (tertiary/aromatic N) is 4. The third kappa shape index (κ3) is 4.37. The largest absolute Gasteiger partial charge is 0.481 e. The molecule has 1 rings (SSSR count). The second-order valence-corrected chi connectivity index (χ2v) is 3.77. The van der Waals surface area contributed by atoms with Gasteiger partial charge in [0.05, 0.1) is 6.42 Å². The number of tetrazole rings is 1. The van der Waals surface area contributed by atoms with E-state index in [1.165, 1.54) is 12.8 Å². The lowest BCUT2D eigenvalue weighted by molar-refractivity contribution is -0.137. The van der Waals surface area contributed by atoms with Gasteiger partial charge in [-0.1, -0.05) is 26.2 Å². The summed E-state index contributed by atoms with van der Waals surface area (Å²) in [6, 6.07) is 0. The second kappa shape index (κ2) is 6.92. The number of aromatic nitrogens is 4. The van der Waals surface area contributed by atoms with E-state index in [1.54, 1.807) is 4.68 Å². The van der Waals surface area contributed by atoms with Gasteiger partial charge in [0.2, 0.25) is 0 Å². The fraction of sp³-hybridized carbons (Fsp3) is 0.800. The minimum absolute atomic E-state index is 0.0787. The summed E-state index contributed by atoms with van der Waals surface area (Å²) in [7, 11) is 0. The number of unbranched alkanes of at least 4 members (excludes halogenated alkanes) is 3. The van der Waals surface area contributed by atoms with Gasteiger partial charge in [-0.15, -0.1) is 5.10 Å². The Morgan fingerprint density at radius 1 is 1.38 bits per heavy atom. The Hall–Kier alpha value is -1.46. The van der Waals surface area contributed by atoms with E-state index in [0.29, 0.717) is 12.2 Å². The minimum atomic E-state index is -0.819. The van der Waals surface area contributed by atoms with Gasteiger partial charge in [0, 0.05) is 13.0 Å². The van der Waals surface area contributed by atoms with Crippen molar-refractivity contribution in [1.82, 2.24) is 20.2 Å². The number of rotatable bonds is 8. The molecule has 1 heterocycles. The smallest absolute Gasteiger partial charge is 0.303 e. The molecule has 1 N–H and O–H groups in total. The molecule has 6 nitrogen and oxygen atoms in total. The van der Waals surface area contributed by atoms with Crippen LogP contribution >= 0.6 is 0 Å². The van der Waals surface area contributed by atoms with Gasteiger partial charge in [-0.05, 0) is 16.8 Å². The summed E-state index contributed by atoms with van der Waals surface area (Å²) in [4.78, 5) is 10.4. The van der Waals surface area contributed by atoms with Crippen molar-refractivity contribution in [2.45, 2.75) is 52.0 Å². The molecule has 0 radical (unpaired) electrons. The van der Waals surface area contributed by atoms with Crippen LogP contribution in [0, 0.1) is 0 Å². The Labute approximate surface area is 94.7 Å². The Morgan fingerprint density at radius 3 is 2.88 bits per heavy atom. The standard InChI is InChI=1S/C10H18N4O2/c1-2-3-4-5-8-14-9(11-12-13-14)6-7-10(15)16/h2-8H2,1H3,(H,15,16). The molecule has 0 saturated carbocycles. The SMILES string of the molecule is CCCCCCn1nnnc1CCC(=O)O. The second-order valence-electron chi connectivity index (χ2n) is 3.77. The van der Waals surface area contributed by atoms with Crippen LogP contribution in [0.3, 0.4) is 0 Å². The highest BCUT2D eigenvalue weighted by Gasteiger charge is 2.07. The number of carboxylic acids is 1. The molecule has 0 bridgehead atoms. The normalized spacial score (nSPS) is 10.6. The molecular weight excluding hydrogens is 208 g/mol. The van der Waals surface area contributed by atoms with E-state index in [9.17, 15) is 4.79 Å². The highest BCUT2D eigenvalue weighted by molar-refractivity contribution is 5.66. The molecule has 90 valence electrons. The fourth-order valence-corrected chi connectivity index (χ4v) is 1.48. The van der Waals surface area contributed by atoms with Crippen LogP contribution in [0.5, 0.6) is 0 Å². The number of aryl methyl sites for hydroxylation is 2. The predicted octanol–water partition coefficient (Wildman–Crippen LogP) is 1.27. The zero-order valence-corrected chi connectivity index (χ0v) is 9.59. The Kier molecular flexibility index (Phi) is 5.45. The maximum Gasteiger partial charge on any atom is 0.303 e. The molecule has 6 heteroatoms. The van der Waals surface area contributed by atoms with Crippen molar-refractivity contribution in [3.05, 3.63) is 5.82 Å². The monoisotopic (exact) mass is 226 g/mol. The summed E-state index contributed by atoms with van der Waals surface area (Å²) in [5.41, 5.74) is 0. The molecule has 0 aliphatic rings. The number of hydrogen-bond acceptors (Lipinski definition) is 4. The molecule has 0 unspecified atom stereocenters. The number of carbonyl (C=O) groups is 1. The Bertz CT molecular complexity index is 324. The molecular formula is C10H18N4O2. The van der Waals surface area contributed by atoms with Crippen LogP contribution < -0.4 is 0 Å². The third-order valence-corrected chi connectivity index (χ3v) is 2.39.